The van der Waals surface area contributed by atoms with Gasteiger partial charge in [-0.15, -0.1) is 0 Å². The Morgan fingerprint density at radius 1 is 1.25 bits per heavy atom. The van der Waals surface area contributed by atoms with Crippen LogP contribution in [0.1, 0.15) is 11.1 Å². The molecule has 0 aliphatic carbocycles. The highest BCUT2D eigenvalue weighted by Gasteiger charge is 2.15. The van der Waals surface area contributed by atoms with Gasteiger partial charge in [-0.2, -0.15) is 4.98 Å². The van der Waals surface area contributed by atoms with Gasteiger partial charge in [-0.1, -0.05) is 6.07 Å². The Bertz CT molecular complexity index is 657. The summed E-state index contributed by atoms with van der Waals surface area (Å²) in [5, 5.41) is 16.5. The number of nitrogens with zero attached hydrogens (tertiary/aromatic N) is 3. The van der Waals surface area contributed by atoms with Gasteiger partial charge in [0.25, 0.3) is 0 Å². The Labute approximate surface area is 116 Å². The van der Waals surface area contributed by atoms with Crippen molar-refractivity contribution in [1.82, 2.24) is 9.97 Å². The maximum absolute atomic E-state index is 10.8. The number of aromatic nitrogens is 2. The van der Waals surface area contributed by atoms with Crippen molar-refractivity contribution in [3.8, 4) is 0 Å². The van der Waals surface area contributed by atoms with E-state index in [0.717, 1.165) is 11.3 Å². The molecule has 0 fully saturated rings. The highest BCUT2D eigenvalue weighted by molar-refractivity contribution is 5.61. The lowest BCUT2D eigenvalue weighted by atomic mass is 10.1. The number of rotatable bonds is 4. The van der Waals surface area contributed by atoms with Crippen molar-refractivity contribution in [3.63, 3.8) is 0 Å². The number of anilines is 3. The molecular weight excluding hydrogens is 258 g/mol. The topological polar surface area (TPSA) is 93.0 Å². The molecule has 1 aromatic heterocycles. The summed E-state index contributed by atoms with van der Waals surface area (Å²) in [6.07, 6.45) is 1.18. The molecule has 0 bridgehead atoms. The minimum absolute atomic E-state index is 0.155. The van der Waals surface area contributed by atoms with Gasteiger partial charge < -0.3 is 10.6 Å². The van der Waals surface area contributed by atoms with Gasteiger partial charge in [0.05, 0.1) is 4.92 Å². The van der Waals surface area contributed by atoms with Crippen LogP contribution in [0.25, 0.3) is 0 Å². The molecule has 104 valence electrons. The molecule has 0 saturated carbocycles. The van der Waals surface area contributed by atoms with Gasteiger partial charge in [0.15, 0.2) is 0 Å². The molecule has 0 atom stereocenters. The van der Waals surface area contributed by atoms with Crippen LogP contribution in [0, 0.1) is 24.0 Å². The van der Waals surface area contributed by atoms with Crippen molar-refractivity contribution in [2.45, 2.75) is 13.8 Å². The minimum Gasteiger partial charge on any atom is -0.367 e. The quantitative estimate of drug-likeness (QED) is 0.657. The van der Waals surface area contributed by atoms with Crippen molar-refractivity contribution in [2.24, 2.45) is 0 Å². The van der Waals surface area contributed by atoms with E-state index in [0.29, 0.717) is 5.95 Å². The van der Waals surface area contributed by atoms with Gasteiger partial charge in [-0.05, 0) is 37.1 Å². The maximum Gasteiger partial charge on any atom is 0.329 e. The molecular formula is C13H15N5O2. The SMILES string of the molecule is CNc1nc(Nc2ccc(C)c(C)c2)ncc1[N+](=O)[O-]. The molecule has 1 aromatic carbocycles. The van der Waals surface area contributed by atoms with Crippen LogP contribution in [0.4, 0.5) is 23.1 Å². The van der Waals surface area contributed by atoms with Crippen molar-refractivity contribution in [1.29, 1.82) is 0 Å². The van der Waals surface area contributed by atoms with E-state index >= 15 is 0 Å². The summed E-state index contributed by atoms with van der Waals surface area (Å²) in [6.45, 7) is 4.04. The molecule has 2 rings (SSSR count). The predicted molar refractivity (Wildman–Crippen MR) is 77.4 cm³/mol. The van der Waals surface area contributed by atoms with Crippen molar-refractivity contribution < 1.29 is 4.92 Å². The first-order chi connectivity index (χ1) is 9.51. The minimum atomic E-state index is -0.522. The fourth-order valence-corrected chi connectivity index (χ4v) is 1.70. The summed E-state index contributed by atoms with van der Waals surface area (Å²) in [4.78, 5) is 18.3. The van der Waals surface area contributed by atoms with E-state index in [1.807, 2.05) is 32.0 Å². The largest absolute Gasteiger partial charge is 0.367 e. The summed E-state index contributed by atoms with van der Waals surface area (Å²) >= 11 is 0. The van der Waals surface area contributed by atoms with Crippen LogP contribution in [0.2, 0.25) is 0 Å². The monoisotopic (exact) mass is 273 g/mol. The molecule has 1 heterocycles. The van der Waals surface area contributed by atoms with E-state index < -0.39 is 4.92 Å². The zero-order chi connectivity index (χ0) is 14.7. The Morgan fingerprint density at radius 3 is 2.60 bits per heavy atom. The third-order valence-electron chi connectivity index (χ3n) is 2.97. The number of nitro groups is 1. The van der Waals surface area contributed by atoms with Crippen LogP contribution >= 0.6 is 0 Å². The fourth-order valence-electron chi connectivity index (χ4n) is 1.70. The molecule has 7 heteroatoms. The second kappa shape index (κ2) is 5.52. The molecule has 0 spiro atoms. The summed E-state index contributed by atoms with van der Waals surface area (Å²) in [5.41, 5.74) is 3.02. The van der Waals surface area contributed by atoms with Crippen molar-refractivity contribution >= 4 is 23.1 Å². The summed E-state index contributed by atoms with van der Waals surface area (Å²) in [5.74, 6) is 0.486. The highest BCUT2D eigenvalue weighted by Crippen LogP contribution is 2.23. The molecule has 20 heavy (non-hydrogen) atoms. The van der Waals surface area contributed by atoms with Gasteiger partial charge in [-0.25, -0.2) is 4.98 Å². The molecule has 0 unspecified atom stereocenters. The van der Waals surface area contributed by atoms with Gasteiger partial charge in [0.2, 0.25) is 11.8 Å². The van der Waals surface area contributed by atoms with Crippen molar-refractivity contribution in [3.05, 3.63) is 45.6 Å². The Balaban J connectivity index is 2.29. The second-order valence-corrected chi connectivity index (χ2v) is 4.36. The summed E-state index contributed by atoms with van der Waals surface area (Å²) in [6, 6.07) is 5.87. The zero-order valence-electron chi connectivity index (χ0n) is 11.5. The molecule has 7 nitrogen and oxygen atoms in total. The van der Waals surface area contributed by atoms with Crippen LogP contribution in [0.5, 0.6) is 0 Å². The first-order valence-corrected chi connectivity index (χ1v) is 6.04. The lowest BCUT2D eigenvalue weighted by Gasteiger charge is -2.08. The van der Waals surface area contributed by atoms with Crippen molar-refractivity contribution in [2.75, 3.05) is 17.7 Å². The molecule has 0 amide bonds. The number of aryl methyl sites for hydroxylation is 2. The van der Waals surface area contributed by atoms with Gasteiger partial charge in [0.1, 0.15) is 6.20 Å². The summed E-state index contributed by atoms with van der Waals surface area (Å²) < 4.78 is 0. The summed E-state index contributed by atoms with van der Waals surface area (Å²) in [7, 11) is 1.58. The van der Waals surface area contributed by atoms with E-state index in [4.69, 9.17) is 0 Å². The van der Waals surface area contributed by atoms with Crippen LogP contribution < -0.4 is 10.6 Å². The third kappa shape index (κ3) is 2.82. The number of hydrogen-bond donors (Lipinski definition) is 2. The van der Waals surface area contributed by atoms with Gasteiger partial charge >= 0.3 is 5.69 Å². The number of hydrogen-bond acceptors (Lipinski definition) is 6. The molecule has 2 N–H and O–H groups in total. The Morgan fingerprint density at radius 2 is 2.00 bits per heavy atom. The van der Waals surface area contributed by atoms with E-state index in [1.54, 1.807) is 7.05 Å². The lowest BCUT2D eigenvalue weighted by Crippen LogP contribution is -2.04. The molecule has 0 saturated heterocycles. The number of nitrogens with one attached hydrogen (secondary N) is 2. The molecule has 0 radical (unpaired) electrons. The highest BCUT2D eigenvalue weighted by atomic mass is 16.6. The standard InChI is InChI=1S/C13H15N5O2/c1-8-4-5-10(6-9(8)2)16-13-15-7-11(18(19)20)12(14-3)17-13/h4-7H,1-3H3,(H2,14,15,16,17). The van der Waals surface area contributed by atoms with Gasteiger partial charge in [-0.3, -0.25) is 10.1 Å². The molecule has 2 aromatic rings. The van der Waals surface area contributed by atoms with E-state index in [-0.39, 0.29) is 11.5 Å². The Hall–Kier alpha value is -2.70. The van der Waals surface area contributed by atoms with Crippen LogP contribution in [-0.2, 0) is 0 Å². The first-order valence-electron chi connectivity index (χ1n) is 6.04. The Kier molecular flexibility index (Phi) is 3.79. The van der Waals surface area contributed by atoms with Crippen LogP contribution in [0.3, 0.4) is 0 Å². The normalized spacial score (nSPS) is 10.2. The average Bonchev–Trinajstić information content (AvgIpc) is 2.42. The van der Waals surface area contributed by atoms with E-state index in [2.05, 4.69) is 20.6 Å². The van der Waals surface area contributed by atoms with Gasteiger partial charge in [0, 0.05) is 12.7 Å². The molecule has 0 aliphatic rings. The zero-order valence-corrected chi connectivity index (χ0v) is 11.5. The average molecular weight is 273 g/mol. The number of benzene rings is 1. The third-order valence-corrected chi connectivity index (χ3v) is 2.97. The second-order valence-electron chi connectivity index (χ2n) is 4.36. The van der Waals surface area contributed by atoms with E-state index in [1.165, 1.54) is 11.8 Å². The smallest absolute Gasteiger partial charge is 0.329 e. The fraction of sp³-hybridized carbons (Fsp3) is 0.231. The van der Waals surface area contributed by atoms with Crippen LogP contribution in [-0.4, -0.2) is 21.9 Å². The predicted octanol–water partition coefficient (Wildman–Crippen LogP) is 2.79. The first kappa shape index (κ1) is 13.7. The van der Waals surface area contributed by atoms with Crippen LogP contribution in [0.15, 0.2) is 24.4 Å². The maximum atomic E-state index is 10.8. The molecule has 0 aliphatic heterocycles. The lowest BCUT2D eigenvalue weighted by molar-refractivity contribution is -0.384. The van der Waals surface area contributed by atoms with E-state index in [9.17, 15) is 10.1 Å².